The van der Waals surface area contributed by atoms with Crippen molar-refractivity contribution in [1.29, 1.82) is 0 Å². The van der Waals surface area contributed by atoms with E-state index in [1.807, 2.05) is 0 Å². The molecule has 0 aliphatic carbocycles. The molecule has 196 valence electrons. The fourth-order valence-corrected chi connectivity index (χ4v) is 4.72. The van der Waals surface area contributed by atoms with Crippen molar-refractivity contribution in [3.05, 3.63) is 53.7 Å². The molecule has 0 spiro atoms. The summed E-state index contributed by atoms with van der Waals surface area (Å²) in [6.07, 6.45) is 0.932. The molecule has 37 heavy (non-hydrogen) atoms. The van der Waals surface area contributed by atoms with E-state index in [0.29, 0.717) is 29.9 Å². The zero-order valence-corrected chi connectivity index (χ0v) is 20.6. The average molecular weight is 536 g/mol. The number of nitrogens with zero attached hydrogens (tertiary/aromatic N) is 1. The summed E-state index contributed by atoms with van der Waals surface area (Å²) in [7, 11) is 1.47. The lowest BCUT2D eigenvalue weighted by atomic mass is 10.0. The fourth-order valence-electron chi connectivity index (χ4n) is 4.03. The van der Waals surface area contributed by atoms with Gasteiger partial charge in [0.05, 0.1) is 35.0 Å². The second kappa shape index (κ2) is 11.2. The van der Waals surface area contributed by atoms with E-state index < -0.39 is 17.7 Å². The number of piperidine rings is 1. The average Bonchev–Trinajstić information content (AvgIpc) is 3.20. The smallest absolute Gasteiger partial charge is 0.447 e. The molecule has 1 aliphatic rings. The van der Waals surface area contributed by atoms with Gasteiger partial charge in [-0.3, -0.25) is 4.79 Å². The Balaban J connectivity index is 1.59. The zero-order valence-electron chi connectivity index (χ0n) is 19.7. The highest BCUT2D eigenvalue weighted by atomic mass is 32.2. The first-order valence-corrected chi connectivity index (χ1v) is 12.3. The van der Waals surface area contributed by atoms with Crippen molar-refractivity contribution in [3.63, 3.8) is 0 Å². The Morgan fingerprint density at radius 3 is 2.78 bits per heavy atom. The number of halogens is 4. The van der Waals surface area contributed by atoms with E-state index in [1.54, 1.807) is 18.2 Å². The van der Waals surface area contributed by atoms with Crippen LogP contribution in [0, 0.1) is 11.8 Å². The summed E-state index contributed by atoms with van der Waals surface area (Å²) in [6, 6.07) is 8.73. The minimum absolute atomic E-state index is 0.0267. The number of pyridine rings is 1. The summed E-state index contributed by atoms with van der Waals surface area (Å²) >= 11 is -0.268. The molecule has 0 unspecified atom stereocenters. The van der Waals surface area contributed by atoms with E-state index in [0.717, 1.165) is 0 Å². The number of thioether (sulfide) groups is 1. The van der Waals surface area contributed by atoms with E-state index in [-0.39, 0.29) is 52.7 Å². The number of carbonyl (C=O) groups is 1. The molecule has 2 atom stereocenters. The summed E-state index contributed by atoms with van der Waals surface area (Å²) in [4.78, 5) is 11.7. The number of benzene rings is 1. The lowest BCUT2D eigenvalue weighted by molar-refractivity contribution is -0.0329. The number of hydrogen-bond donors (Lipinski definition) is 5. The summed E-state index contributed by atoms with van der Waals surface area (Å²) in [5.74, 6) is 5.05. The SMILES string of the molecule is CNC(=O)c1ccc(NCC#Cc2cc3c(N[C@@H]4CCNC[C@@H]4F)cccn3c2SC(F)(F)F)c(O)c1. The number of alkyl halides is 4. The maximum absolute atomic E-state index is 14.3. The third-order valence-electron chi connectivity index (χ3n) is 5.80. The van der Waals surface area contributed by atoms with Crippen LogP contribution >= 0.6 is 11.8 Å². The number of phenols is 1. The molecular formula is C25H25F4N5O2S. The van der Waals surface area contributed by atoms with Gasteiger partial charge in [0.15, 0.2) is 0 Å². The summed E-state index contributed by atoms with van der Waals surface area (Å²) in [5.41, 5.74) is -2.79. The molecule has 12 heteroatoms. The van der Waals surface area contributed by atoms with Gasteiger partial charge in [-0.25, -0.2) is 4.39 Å². The van der Waals surface area contributed by atoms with Gasteiger partial charge in [0.25, 0.3) is 5.91 Å². The standard InChI is InChI=1S/C25H25F4N5O2S/c1-30-23(36)15-6-7-20(22(35)13-15)32-9-2-4-16-12-21-19(33-18-8-10-31-14-17(18)26)5-3-11-34(21)24(16)37-25(27,28)29/h3,5-7,11-13,17-18,31-33,35H,8-10,14H2,1H3,(H,30,36)/t17-,18+/m0/s1. The molecule has 1 aromatic carbocycles. The van der Waals surface area contributed by atoms with Crippen LogP contribution in [0.5, 0.6) is 5.75 Å². The van der Waals surface area contributed by atoms with Gasteiger partial charge in [0.2, 0.25) is 0 Å². The van der Waals surface area contributed by atoms with Crippen LogP contribution in [0.1, 0.15) is 22.3 Å². The molecule has 4 rings (SSSR count). The molecule has 1 fully saturated rings. The third kappa shape index (κ3) is 6.42. The monoisotopic (exact) mass is 535 g/mol. The minimum Gasteiger partial charge on any atom is -0.506 e. The van der Waals surface area contributed by atoms with Crippen LogP contribution in [0.3, 0.4) is 0 Å². The van der Waals surface area contributed by atoms with Crippen LogP contribution in [-0.4, -0.2) is 59.8 Å². The number of carbonyl (C=O) groups excluding carboxylic acids is 1. The molecule has 3 heterocycles. The maximum Gasteiger partial charge on any atom is 0.447 e. The number of aromatic nitrogens is 1. The topological polar surface area (TPSA) is 89.8 Å². The number of anilines is 2. The molecule has 2 aromatic heterocycles. The van der Waals surface area contributed by atoms with Crippen LogP contribution in [0.4, 0.5) is 28.9 Å². The minimum atomic E-state index is -4.54. The van der Waals surface area contributed by atoms with Crippen molar-refractivity contribution in [2.45, 2.75) is 29.2 Å². The van der Waals surface area contributed by atoms with Gasteiger partial charge in [0.1, 0.15) is 16.9 Å². The molecule has 7 nitrogen and oxygen atoms in total. The molecule has 1 saturated heterocycles. The van der Waals surface area contributed by atoms with Crippen molar-refractivity contribution in [2.75, 3.05) is 37.3 Å². The largest absolute Gasteiger partial charge is 0.506 e. The fraction of sp³-hybridized carbons (Fsp3) is 0.320. The molecule has 0 radical (unpaired) electrons. The van der Waals surface area contributed by atoms with Crippen molar-refractivity contribution >= 4 is 34.6 Å². The maximum atomic E-state index is 14.3. The van der Waals surface area contributed by atoms with Crippen molar-refractivity contribution < 1.29 is 27.5 Å². The summed E-state index contributed by atoms with van der Waals surface area (Å²) in [5, 5.41) is 21.5. The van der Waals surface area contributed by atoms with E-state index >= 15 is 0 Å². The van der Waals surface area contributed by atoms with Crippen LogP contribution in [0.15, 0.2) is 47.6 Å². The second-order valence-corrected chi connectivity index (χ2v) is 9.37. The Bertz CT molecular complexity index is 1350. The lowest BCUT2D eigenvalue weighted by Crippen LogP contribution is -2.45. The Morgan fingerprint density at radius 2 is 2.08 bits per heavy atom. The zero-order chi connectivity index (χ0) is 26.6. The Hall–Kier alpha value is -3.56. The summed E-state index contributed by atoms with van der Waals surface area (Å²) < 4.78 is 55.9. The number of phenolic OH excluding ortho intramolecular Hbond substituents is 1. The highest BCUT2D eigenvalue weighted by Gasteiger charge is 2.33. The van der Waals surface area contributed by atoms with E-state index in [4.69, 9.17) is 0 Å². The van der Waals surface area contributed by atoms with Gasteiger partial charge in [-0.1, -0.05) is 11.8 Å². The molecule has 5 N–H and O–H groups in total. The van der Waals surface area contributed by atoms with Crippen molar-refractivity contribution in [1.82, 2.24) is 15.0 Å². The Morgan fingerprint density at radius 1 is 1.27 bits per heavy atom. The first-order chi connectivity index (χ1) is 17.7. The number of hydrogen-bond acceptors (Lipinski definition) is 6. The van der Waals surface area contributed by atoms with E-state index in [1.165, 1.54) is 35.8 Å². The normalized spacial score (nSPS) is 17.6. The summed E-state index contributed by atoms with van der Waals surface area (Å²) in [6.45, 7) is 0.884. The van der Waals surface area contributed by atoms with Crippen LogP contribution in [0.25, 0.3) is 5.52 Å². The Labute approximate surface area is 215 Å². The number of nitrogens with one attached hydrogen (secondary N) is 4. The highest BCUT2D eigenvalue weighted by Crippen LogP contribution is 2.40. The van der Waals surface area contributed by atoms with E-state index in [2.05, 4.69) is 33.1 Å². The first kappa shape index (κ1) is 26.5. The first-order valence-electron chi connectivity index (χ1n) is 11.5. The molecular weight excluding hydrogens is 510 g/mol. The van der Waals surface area contributed by atoms with Crippen LogP contribution < -0.4 is 21.3 Å². The van der Waals surface area contributed by atoms with Gasteiger partial charge < -0.3 is 30.8 Å². The second-order valence-electron chi connectivity index (χ2n) is 8.31. The van der Waals surface area contributed by atoms with Gasteiger partial charge in [0, 0.05) is 37.1 Å². The molecule has 0 saturated carbocycles. The highest BCUT2D eigenvalue weighted by molar-refractivity contribution is 8.00. The molecule has 1 aliphatic heterocycles. The number of aromatic hydroxyl groups is 1. The molecule has 0 bridgehead atoms. The van der Waals surface area contributed by atoms with E-state index in [9.17, 15) is 27.5 Å². The van der Waals surface area contributed by atoms with Crippen LogP contribution in [-0.2, 0) is 0 Å². The quantitative estimate of drug-likeness (QED) is 0.141. The van der Waals surface area contributed by atoms with Crippen molar-refractivity contribution in [2.24, 2.45) is 0 Å². The third-order valence-corrected chi connectivity index (χ3v) is 6.64. The van der Waals surface area contributed by atoms with Crippen molar-refractivity contribution in [3.8, 4) is 17.6 Å². The Kier molecular flexibility index (Phi) is 8.04. The predicted octanol–water partition coefficient (Wildman–Crippen LogP) is 4.19. The van der Waals surface area contributed by atoms with Gasteiger partial charge in [-0.05, 0) is 49.4 Å². The predicted molar refractivity (Wildman–Crippen MR) is 136 cm³/mol. The number of rotatable bonds is 6. The van der Waals surface area contributed by atoms with Gasteiger partial charge in [-0.2, -0.15) is 13.2 Å². The molecule has 3 aromatic rings. The van der Waals surface area contributed by atoms with Gasteiger partial charge >= 0.3 is 5.51 Å². The number of fused-ring (bicyclic) bond motifs is 1. The van der Waals surface area contributed by atoms with Crippen LogP contribution in [0.2, 0.25) is 0 Å². The molecule has 1 amide bonds. The number of amides is 1. The van der Waals surface area contributed by atoms with Gasteiger partial charge in [-0.15, -0.1) is 0 Å². The lowest BCUT2D eigenvalue weighted by Gasteiger charge is -2.28.